The molecule has 2 heterocycles. The van der Waals surface area contributed by atoms with Crippen LogP contribution in [0.15, 0.2) is 53.3 Å². The van der Waals surface area contributed by atoms with Crippen LogP contribution in [0, 0.1) is 5.82 Å². The van der Waals surface area contributed by atoms with Gasteiger partial charge < -0.3 is 24.9 Å². The number of rotatable bonds is 10. The summed E-state index contributed by atoms with van der Waals surface area (Å²) < 4.78 is 26.9. The number of fused-ring (bicyclic) bond motifs is 1. The summed E-state index contributed by atoms with van der Waals surface area (Å²) in [4.78, 5) is 42.0. The molecule has 0 fully saturated rings. The minimum Gasteiger partial charge on any atom is -0.481 e. The molecular weight excluding hydrogens is 479 g/mol. The first-order valence-electron chi connectivity index (χ1n) is 12.0. The zero-order valence-electron chi connectivity index (χ0n) is 20.8. The molecule has 0 aliphatic carbocycles. The fourth-order valence-electron chi connectivity index (χ4n) is 4.07. The summed E-state index contributed by atoms with van der Waals surface area (Å²) >= 11 is 0. The van der Waals surface area contributed by atoms with E-state index in [4.69, 9.17) is 9.47 Å². The van der Waals surface area contributed by atoms with Crippen molar-refractivity contribution in [3.05, 3.63) is 87.3 Å². The molecule has 37 heavy (non-hydrogen) atoms. The number of aldehydes is 1. The number of halogens is 1. The highest BCUT2D eigenvalue weighted by Gasteiger charge is 2.35. The smallest absolute Gasteiger partial charge is 0.296 e. The Kier molecular flexibility index (Phi) is 7.98. The molecule has 0 saturated carbocycles. The van der Waals surface area contributed by atoms with Crippen LogP contribution in [0.2, 0.25) is 0 Å². The number of ether oxygens (including phenoxy) is 2. The van der Waals surface area contributed by atoms with Gasteiger partial charge in [-0.15, -0.1) is 0 Å². The van der Waals surface area contributed by atoms with Crippen LogP contribution < -0.4 is 20.9 Å². The van der Waals surface area contributed by atoms with Gasteiger partial charge >= 0.3 is 0 Å². The van der Waals surface area contributed by atoms with Crippen molar-refractivity contribution in [2.45, 2.75) is 45.6 Å². The number of aromatic nitrogens is 2. The number of amides is 1. The van der Waals surface area contributed by atoms with E-state index in [1.807, 2.05) is 30.3 Å². The molecule has 10 heteroatoms. The van der Waals surface area contributed by atoms with Crippen LogP contribution in [0.5, 0.6) is 5.75 Å². The Morgan fingerprint density at radius 3 is 2.78 bits per heavy atom. The molecule has 1 aliphatic heterocycles. The fraction of sp³-hybridized carbons (Fsp3) is 0.333. The van der Waals surface area contributed by atoms with E-state index in [2.05, 4.69) is 15.6 Å². The van der Waals surface area contributed by atoms with Gasteiger partial charge in [-0.2, -0.15) is 0 Å². The second kappa shape index (κ2) is 11.3. The number of benzene rings is 2. The maximum atomic E-state index is 13.8. The van der Waals surface area contributed by atoms with Crippen molar-refractivity contribution < 1.29 is 23.5 Å². The maximum absolute atomic E-state index is 13.8. The highest BCUT2D eigenvalue weighted by molar-refractivity contribution is 5.94. The first-order chi connectivity index (χ1) is 17.8. The second-order valence-electron chi connectivity index (χ2n) is 9.07. The predicted octanol–water partition coefficient (Wildman–Crippen LogP) is 3.16. The average molecular weight is 509 g/mol. The van der Waals surface area contributed by atoms with Gasteiger partial charge in [-0.1, -0.05) is 36.4 Å². The van der Waals surface area contributed by atoms with Crippen LogP contribution in [0.3, 0.4) is 0 Å². The molecule has 194 valence electrons. The Balaban J connectivity index is 1.64. The third-order valence-corrected chi connectivity index (χ3v) is 5.97. The minimum atomic E-state index is -0.878. The Labute approximate surface area is 213 Å². The molecule has 0 saturated heterocycles. The Morgan fingerprint density at radius 2 is 2.03 bits per heavy atom. The van der Waals surface area contributed by atoms with Crippen LogP contribution in [0.1, 0.15) is 47.7 Å². The molecule has 1 amide bonds. The fourth-order valence-corrected chi connectivity index (χ4v) is 4.07. The Morgan fingerprint density at radius 1 is 1.24 bits per heavy atom. The lowest BCUT2D eigenvalue weighted by Gasteiger charge is -2.32. The lowest BCUT2D eigenvalue weighted by atomic mass is 10.1. The molecule has 4 rings (SSSR count). The van der Waals surface area contributed by atoms with E-state index < -0.39 is 22.9 Å². The minimum absolute atomic E-state index is 0.0284. The normalized spacial score (nSPS) is 13.9. The van der Waals surface area contributed by atoms with E-state index in [0.717, 1.165) is 11.8 Å². The van der Waals surface area contributed by atoms with Gasteiger partial charge in [0.15, 0.2) is 5.69 Å². The van der Waals surface area contributed by atoms with Gasteiger partial charge in [0.1, 0.15) is 30.1 Å². The third-order valence-electron chi connectivity index (χ3n) is 5.97. The van der Waals surface area contributed by atoms with E-state index in [9.17, 15) is 18.8 Å². The Bertz CT molecular complexity index is 1340. The molecule has 9 nitrogen and oxygen atoms in total. The van der Waals surface area contributed by atoms with E-state index >= 15 is 0 Å². The molecule has 2 aromatic carbocycles. The van der Waals surface area contributed by atoms with Gasteiger partial charge in [-0.25, -0.2) is 9.37 Å². The molecule has 2 N–H and O–H groups in total. The highest BCUT2D eigenvalue weighted by Crippen LogP contribution is 2.28. The van der Waals surface area contributed by atoms with Gasteiger partial charge in [-0.3, -0.25) is 14.2 Å². The van der Waals surface area contributed by atoms with Crippen LogP contribution in [0.25, 0.3) is 0 Å². The monoisotopic (exact) mass is 508 g/mol. The van der Waals surface area contributed by atoms with Gasteiger partial charge in [0, 0.05) is 25.2 Å². The highest BCUT2D eigenvalue weighted by atomic mass is 19.1. The van der Waals surface area contributed by atoms with Gasteiger partial charge in [0.2, 0.25) is 5.75 Å². The van der Waals surface area contributed by atoms with Crippen molar-refractivity contribution in [2.75, 3.05) is 18.5 Å². The van der Waals surface area contributed by atoms with E-state index in [-0.39, 0.29) is 31.0 Å². The van der Waals surface area contributed by atoms with Crippen molar-refractivity contribution >= 4 is 17.9 Å². The lowest BCUT2D eigenvalue weighted by molar-refractivity contribution is -0.107. The number of hydrogen-bond acceptors (Lipinski definition) is 7. The summed E-state index contributed by atoms with van der Waals surface area (Å²) in [6.45, 7) is 4.62. The molecule has 1 aromatic heterocycles. The number of hydrogen-bond donors (Lipinski definition) is 2. The van der Waals surface area contributed by atoms with Gasteiger partial charge in [0.25, 0.3) is 11.5 Å². The first-order valence-corrected chi connectivity index (χ1v) is 12.0. The van der Waals surface area contributed by atoms with E-state index in [0.29, 0.717) is 36.8 Å². The molecule has 0 spiro atoms. The van der Waals surface area contributed by atoms with Crippen LogP contribution >= 0.6 is 0 Å². The molecule has 0 radical (unpaired) electrons. The lowest BCUT2D eigenvalue weighted by Crippen LogP contribution is -2.43. The average Bonchev–Trinajstić information content (AvgIpc) is 2.88. The summed E-state index contributed by atoms with van der Waals surface area (Å²) in [5, 5.41) is 5.76. The van der Waals surface area contributed by atoms with Crippen molar-refractivity contribution in [1.29, 1.82) is 0 Å². The van der Waals surface area contributed by atoms with E-state index in [1.54, 1.807) is 13.8 Å². The molecule has 3 aromatic rings. The molecule has 1 aliphatic rings. The van der Waals surface area contributed by atoms with Crippen LogP contribution in [0.4, 0.5) is 10.1 Å². The van der Waals surface area contributed by atoms with Crippen molar-refractivity contribution in [1.82, 2.24) is 14.9 Å². The molecule has 0 bridgehead atoms. The molecule has 0 atom stereocenters. The SMILES string of the molecule is CC1(C)OCCn2c1nc(C(=O)NCc1ccc(F)cc1NCCC=O)c(OCc1ccccc1)c2=O. The van der Waals surface area contributed by atoms with Crippen molar-refractivity contribution in [3.63, 3.8) is 0 Å². The second-order valence-corrected chi connectivity index (χ2v) is 9.07. The van der Waals surface area contributed by atoms with Crippen molar-refractivity contribution in [3.8, 4) is 5.75 Å². The topological polar surface area (TPSA) is 112 Å². The summed E-state index contributed by atoms with van der Waals surface area (Å²) in [6, 6.07) is 13.4. The largest absolute Gasteiger partial charge is 0.481 e. The number of carbonyl (C=O) groups is 2. The van der Waals surface area contributed by atoms with E-state index in [1.165, 1.54) is 22.8 Å². The zero-order chi connectivity index (χ0) is 26.4. The number of carbonyl (C=O) groups excluding carboxylic acids is 2. The van der Waals surface area contributed by atoms with Gasteiger partial charge in [0.05, 0.1) is 13.2 Å². The third kappa shape index (κ3) is 6.03. The summed E-state index contributed by atoms with van der Waals surface area (Å²) in [7, 11) is 0. The number of nitrogens with zero attached hydrogens (tertiary/aromatic N) is 2. The first kappa shape index (κ1) is 26.0. The summed E-state index contributed by atoms with van der Waals surface area (Å²) in [6.07, 6.45) is 1.02. The zero-order valence-corrected chi connectivity index (χ0v) is 20.8. The van der Waals surface area contributed by atoms with Gasteiger partial charge in [-0.05, 0) is 37.1 Å². The maximum Gasteiger partial charge on any atom is 0.296 e. The van der Waals surface area contributed by atoms with Crippen LogP contribution in [-0.4, -0.2) is 34.9 Å². The quantitative estimate of drug-likeness (QED) is 0.320. The molecule has 0 unspecified atom stereocenters. The standard InChI is InChI=1S/C27H29FN4O5/c1-27(2)26-31-22(24(34)30-16-19-9-10-20(28)15-21(19)29-11-6-13-33)23(25(35)32(26)12-14-37-27)36-17-18-7-4-3-5-8-18/h3-5,7-10,13,15,29H,6,11-12,14,16-17H2,1-2H3,(H,30,34). The Hall–Kier alpha value is -4.05. The number of nitrogens with one attached hydrogen (secondary N) is 2. The summed E-state index contributed by atoms with van der Waals surface area (Å²) in [5.74, 6) is -0.884. The predicted molar refractivity (Wildman–Crippen MR) is 135 cm³/mol. The van der Waals surface area contributed by atoms with Crippen LogP contribution in [-0.2, 0) is 34.8 Å². The summed E-state index contributed by atoms with van der Waals surface area (Å²) in [5.41, 5.74) is 0.402. The molecular formula is C27H29FN4O5. The number of anilines is 1. The van der Waals surface area contributed by atoms with Crippen molar-refractivity contribution in [2.24, 2.45) is 0 Å².